The molecule has 0 unspecified atom stereocenters. The van der Waals surface area contributed by atoms with E-state index in [0.29, 0.717) is 0 Å². The molecule has 0 atom stereocenters. The zero-order valence-electron chi connectivity index (χ0n) is 11.3. The first-order chi connectivity index (χ1) is 9.81. The summed E-state index contributed by atoms with van der Waals surface area (Å²) in [6, 6.07) is 5.06. The minimum atomic E-state index is -3.27. The molecule has 0 aromatic heterocycles. The van der Waals surface area contributed by atoms with Gasteiger partial charge in [-0.25, -0.2) is 17.6 Å². The lowest BCUT2D eigenvalue weighted by molar-refractivity contribution is 0.137. The summed E-state index contributed by atoms with van der Waals surface area (Å²) >= 11 is 0. The first-order valence-corrected chi connectivity index (χ1v) is 8.07. The molecule has 1 heterocycles. The summed E-state index contributed by atoms with van der Waals surface area (Å²) in [5.74, 6) is -0.0301. The van der Waals surface area contributed by atoms with Gasteiger partial charge in [-0.2, -0.15) is 0 Å². The number of carbonyl (C=O) groups is 1. The molecule has 0 amide bonds. The highest BCUT2D eigenvalue weighted by Crippen LogP contribution is 2.19. The van der Waals surface area contributed by atoms with Crippen LogP contribution in [0.25, 0.3) is 0 Å². The lowest BCUT2D eigenvalue weighted by atomic mass is 10.0. The SMILES string of the molecule is O=C(O)O.O=S(=O)(CC1CCNCC1)c1ccc(F)cc1. The molecule has 1 aliphatic heterocycles. The Hall–Kier alpha value is -1.67. The average molecular weight is 319 g/mol. The highest BCUT2D eigenvalue weighted by atomic mass is 32.2. The molecular formula is C13H18FNO5S. The normalized spacial score (nSPS) is 15.9. The van der Waals surface area contributed by atoms with E-state index in [1.165, 1.54) is 24.3 Å². The van der Waals surface area contributed by atoms with Gasteiger partial charge in [-0.15, -0.1) is 0 Å². The number of carboxylic acid groups (broad SMARTS) is 2. The van der Waals surface area contributed by atoms with E-state index in [1.807, 2.05) is 0 Å². The van der Waals surface area contributed by atoms with Crippen LogP contribution in [0.1, 0.15) is 12.8 Å². The van der Waals surface area contributed by atoms with E-state index in [9.17, 15) is 12.8 Å². The molecule has 1 saturated heterocycles. The van der Waals surface area contributed by atoms with Gasteiger partial charge in [0.2, 0.25) is 0 Å². The maximum absolute atomic E-state index is 12.7. The van der Waals surface area contributed by atoms with E-state index in [2.05, 4.69) is 5.32 Å². The molecule has 0 bridgehead atoms. The summed E-state index contributed by atoms with van der Waals surface area (Å²) in [5.41, 5.74) is 0. The van der Waals surface area contributed by atoms with Crippen molar-refractivity contribution in [2.24, 2.45) is 5.92 Å². The van der Waals surface area contributed by atoms with Gasteiger partial charge >= 0.3 is 6.16 Å². The third kappa shape index (κ3) is 6.54. The number of nitrogens with one attached hydrogen (secondary N) is 1. The fraction of sp³-hybridized carbons (Fsp3) is 0.462. The number of hydrogen-bond acceptors (Lipinski definition) is 4. The first-order valence-electron chi connectivity index (χ1n) is 6.42. The zero-order valence-corrected chi connectivity index (χ0v) is 12.1. The Kier molecular flexibility index (Phi) is 6.57. The minimum absolute atomic E-state index is 0.167. The monoisotopic (exact) mass is 319 g/mol. The smallest absolute Gasteiger partial charge is 0.450 e. The van der Waals surface area contributed by atoms with Crippen molar-refractivity contribution in [3.05, 3.63) is 30.1 Å². The molecule has 0 aliphatic carbocycles. The van der Waals surface area contributed by atoms with Crippen LogP contribution in [-0.2, 0) is 9.84 Å². The number of benzene rings is 1. The molecule has 1 fully saturated rings. The van der Waals surface area contributed by atoms with Gasteiger partial charge in [-0.3, -0.25) is 0 Å². The van der Waals surface area contributed by atoms with E-state index < -0.39 is 21.8 Å². The predicted octanol–water partition coefficient (Wildman–Crippen LogP) is 1.82. The predicted molar refractivity (Wildman–Crippen MR) is 74.7 cm³/mol. The molecule has 1 aromatic rings. The second-order valence-corrected chi connectivity index (χ2v) is 6.75. The fourth-order valence-electron chi connectivity index (χ4n) is 2.10. The quantitative estimate of drug-likeness (QED) is 0.734. The van der Waals surface area contributed by atoms with Gasteiger partial charge in [0.05, 0.1) is 10.6 Å². The summed E-state index contributed by atoms with van der Waals surface area (Å²) < 4.78 is 36.9. The molecule has 2 rings (SSSR count). The summed E-state index contributed by atoms with van der Waals surface area (Å²) in [6.07, 6.45) is -0.0547. The topological polar surface area (TPSA) is 104 Å². The molecule has 3 N–H and O–H groups in total. The summed E-state index contributed by atoms with van der Waals surface area (Å²) in [6.45, 7) is 1.76. The Morgan fingerprint density at radius 2 is 1.67 bits per heavy atom. The van der Waals surface area contributed by atoms with Crippen molar-refractivity contribution in [1.29, 1.82) is 0 Å². The van der Waals surface area contributed by atoms with Gasteiger partial charge in [0.15, 0.2) is 9.84 Å². The summed E-state index contributed by atoms with van der Waals surface area (Å²) in [5, 5.41) is 17.1. The molecule has 8 heteroatoms. The number of piperidine rings is 1. The maximum Gasteiger partial charge on any atom is 0.503 e. The highest BCUT2D eigenvalue weighted by Gasteiger charge is 2.22. The third-order valence-corrected chi connectivity index (χ3v) is 4.99. The van der Waals surface area contributed by atoms with Gasteiger partial charge in [-0.05, 0) is 56.1 Å². The molecule has 1 aromatic carbocycles. The zero-order chi connectivity index (χ0) is 15.9. The largest absolute Gasteiger partial charge is 0.503 e. The van der Waals surface area contributed by atoms with Crippen LogP contribution < -0.4 is 5.32 Å². The van der Waals surface area contributed by atoms with Gasteiger partial charge in [0.1, 0.15) is 5.82 Å². The van der Waals surface area contributed by atoms with E-state index in [4.69, 9.17) is 15.0 Å². The molecule has 0 saturated carbocycles. The van der Waals surface area contributed by atoms with Crippen molar-refractivity contribution in [3.8, 4) is 0 Å². The van der Waals surface area contributed by atoms with Crippen molar-refractivity contribution >= 4 is 16.0 Å². The Bertz CT molecular complexity index is 548. The molecular weight excluding hydrogens is 301 g/mol. The van der Waals surface area contributed by atoms with Crippen molar-refractivity contribution in [3.63, 3.8) is 0 Å². The van der Waals surface area contributed by atoms with Gasteiger partial charge in [-0.1, -0.05) is 0 Å². The van der Waals surface area contributed by atoms with Gasteiger partial charge in [0, 0.05) is 0 Å². The van der Waals surface area contributed by atoms with Crippen LogP contribution >= 0.6 is 0 Å². The molecule has 21 heavy (non-hydrogen) atoms. The van der Waals surface area contributed by atoms with Crippen molar-refractivity contribution in [1.82, 2.24) is 5.32 Å². The van der Waals surface area contributed by atoms with Crippen molar-refractivity contribution < 1.29 is 27.8 Å². The standard InChI is InChI=1S/C12H16FNO2S.CH2O3/c13-11-1-3-12(4-2-11)17(15,16)9-10-5-7-14-8-6-10;2-1(3)4/h1-4,10,14H,5-9H2;(H2,2,3,4). The van der Waals surface area contributed by atoms with E-state index >= 15 is 0 Å². The Morgan fingerprint density at radius 1 is 1.19 bits per heavy atom. The maximum atomic E-state index is 12.7. The van der Waals surface area contributed by atoms with Crippen LogP contribution in [0.15, 0.2) is 29.2 Å². The number of halogens is 1. The fourth-order valence-corrected chi connectivity index (χ4v) is 3.79. The van der Waals surface area contributed by atoms with Crippen molar-refractivity contribution in [2.45, 2.75) is 17.7 Å². The molecule has 0 radical (unpaired) electrons. The molecule has 118 valence electrons. The first kappa shape index (κ1) is 17.4. The molecule has 6 nitrogen and oxygen atoms in total. The highest BCUT2D eigenvalue weighted by molar-refractivity contribution is 7.91. The third-order valence-electron chi connectivity index (χ3n) is 3.09. The van der Waals surface area contributed by atoms with Crippen LogP contribution in [0.2, 0.25) is 0 Å². The molecule has 1 aliphatic rings. The molecule has 0 spiro atoms. The lowest BCUT2D eigenvalue weighted by Crippen LogP contribution is -2.31. The number of rotatable bonds is 3. The second-order valence-electron chi connectivity index (χ2n) is 4.71. The Morgan fingerprint density at radius 3 is 2.14 bits per heavy atom. The summed E-state index contributed by atoms with van der Waals surface area (Å²) in [7, 11) is -3.27. The van der Waals surface area contributed by atoms with Crippen molar-refractivity contribution in [2.75, 3.05) is 18.8 Å². The average Bonchev–Trinajstić information content (AvgIpc) is 2.39. The lowest BCUT2D eigenvalue weighted by Gasteiger charge is -2.22. The van der Waals surface area contributed by atoms with E-state index in [1.54, 1.807) is 0 Å². The van der Waals surface area contributed by atoms with E-state index in [0.717, 1.165) is 25.9 Å². The van der Waals surface area contributed by atoms with Gasteiger partial charge < -0.3 is 15.5 Å². The minimum Gasteiger partial charge on any atom is -0.450 e. The van der Waals surface area contributed by atoms with Gasteiger partial charge in [0.25, 0.3) is 0 Å². The van der Waals surface area contributed by atoms with Crippen LogP contribution in [-0.4, -0.2) is 43.6 Å². The Labute approximate surface area is 122 Å². The van der Waals surface area contributed by atoms with Crippen LogP contribution in [0.4, 0.5) is 9.18 Å². The number of hydrogen-bond donors (Lipinski definition) is 3. The van der Waals surface area contributed by atoms with Crippen LogP contribution in [0.5, 0.6) is 0 Å². The number of sulfone groups is 1. The second kappa shape index (κ2) is 7.94. The van der Waals surface area contributed by atoms with E-state index in [-0.39, 0.29) is 16.6 Å². The van der Waals surface area contributed by atoms with Crippen LogP contribution in [0, 0.1) is 11.7 Å². The Balaban J connectivity index is 0.000000491. The van der Waals surface area contributed by atoms with Crippen LogP contribution in [0.3, 0.4) is 0 Å². The summed E-state index contributed by atoms with van der Waals surface area (Å²) in [4.78, 5) is 8.78.